The van der Waals surface area contributed by atoms with Gasteiger partial charge in [-0.25, -0.2) is 19.2 Å². The number of fused-ring (bicyclic) bond motifs is 4. The van der Waals surface area contributed by atoms with Crippen LogP contribution in [-0.2, 0) is 54.6 Å². The Morgan fingerprint density at radius 1 is 0.398 bits per heavy atom. The van der Waals surface area contributed by atoms with Gasteiger partial charge in [-0.15, -0.1) is 0 Å². The average molecular weight is 1690 g/mol. The van der Waals surface area contributed by atoms with Crippen LogP contribution >= 0.6 is 0 Å². The molecule has 602 valence electrons. The number of hydrogen-bond donors (Lipinski definition) is 15. The van der Waals surface area contributed by atoms with Crippen LogP contribution in [0.5, 0.6) is 35.0 Å². The normalized spacial score (nSPS) is 12.3. The minimum atomic E-state index is -5.65. The number of carbonyl (C=O) groups is 6. The van der Waals surface area contributed by atoms with Gasteiger partial charge >= 0.3 is 35.9 Å². The fraction of sp³-hybridized carbons (Fsp3) is 0.0833. The van der Waals surface area contributed by atoms with Gasteiger partial charge in [0, 0.05) is 60.2 Å². The maximum atomic E-state index is 14.8. The molecule has 12 aromatic rings. The van der Waals surface area contributed by atoms with Crippen LogP contribution in [0.3, 0.4) is 0 Å². The lowest BCUT2D eigenvalue weighted by Gasteiger charge is -2.26. The van der Waals surface area contributed by atoms with Crippen molar-refractivity contribution in [3.05, 3.63) is 199 Å². The van der Waals surface area contributed by atoms with Crippen molar-refractivity contribution >= 4 is 156 Å². The van der Waals surface area contributed by atoms with Crippen molar-refractivity contribution in [1.29, 1.82) is 0 Å². The van der Waals surface area contributed by atoms with Gasteiger partial charge in [-0.05, 0) is 103 Å². The Bertz CT molecular complexity index is 7080. The lowest BCUT2D eigenvalue weighted by Crippen LogP contribution is -2.24. The summed E-state index contributed by atoms with van der Waals surface area (Å²) in [4.78, 5) is 125. The van der Waals surface area contributed by atoms with Gasteiger partial charge < -0.3 is 80.8 Å². The van der Waals surface area contributed by atoms with Crippen molar-refractivity contribution in [1.82, 2.24) is 39.0 Å². The highest BCUT2D eigenvalue weighted by Gasteiger charge is 2.37. The molecule has 0 radical (unpaired) electrons. The first-order valence-corrected chi connectivity index (χ1v) is 39.3. The molecule has 0 unspecified atom stereocenters. The number of hydrogen-bond acceptors (Lipinski definition) is 32. The number of nitrogens with one attached hydrogen (secondary N) is 6. The van der Waals surface area contributed by atoms with E-state index < -0.39 is 218 Å². The van der Waals surface area contributed by atoms with Crippen molar-refractivity contribution in [3.63, 3.8) is 0 Å². The van der Waals surface area contributed by atoms with Gasteiger partial charge in [-0.2, -0.15) is 63.6 Å². The van der Waals surface area contributed by atoms with Crippen LogP contribution in [0.1, 0.15) is 80.2 Å². The Morgan fingerprint density at radius 2 is 0.737 bits per heavy atom. The third-order valence-corrected chi connectivity index (χ3v) is 21.7. The lowest BCUT2D eigenvalue weighted by atomic mass is 9.82. The number of rotatable bonds is 27. The van der Waals surface area contributed by atoms with Crippen LogP contribution in [-0.4, -0.2) is 172 Å². The Hall–Kier alpha value is -14.9. The van der Waals surface area contributed by atoms with E-state index in [2.05, 4.69) is 61.8 Å². The predicted molar refractivity (Wildman–Crippen MR) is 412 cm³/mol. The molecule has 0 fully saturated rings. The molecule has 2 aliphatic carbocycles. The zero-order valence-electron chi connectivity index (χ0n) is 59.8. The third-order valence-electron chi connectivity index (χ3n) is 18.1. The van der Waals surface area contributed by atoms with Crippen LogP contribution in [0.15, 0.2) is 163 Å². The van der Waals surface area contributed by atoms with Gasteiger partial charge in [0.1, 0.15) is 31.1 Å². The summed E-state index contributed by atoms with van der Waals surface area (Å²) in [6.07, 6.45) is 0. The van der Waals surface area contributed by atoms with Gasteiger partial charge in [-0.1, -0.05) is 48.5 Å². The number of anilines is 10. The quantitative estimate of drug-likeness (QED) is 0.0170. The molecule has 0 atom stereocenters. The number of carboxylic acids is 4. The minimum Gasteiger partial charge on any atom is -0.503 e. The molecule has 0 bridgehead atoms. The average Bonchev–Trinajstić information content (AvgIpc) is 0.713. The molecular weight excluding hydrogens is 1640 g/mol. The SMILES string of the molecule is CCOc1c2c3c(c(Nc4cc(Nc5nc(NCCNc6nc(Nc7cc(Nc8ccc9c%10c8C(=O)c8ccccc8-c%10c(O)c(=O)n9C)c(S(=O)(=O)O)cc7S(=O)(=O)O)nc(Oc7cc(C(=O)O)cc(C(=O)O)c7)n6)nc(Oc6cc(C(=O)O)cc(C(=O)O)c6)n5)c(S(=O)(=O)O)cc4S(=O)(=O)O)ccc3n(C)c1=O)C(=O)c1ccccc1-2. The van der Waals surface area contributed by atoms with E-state index >= 15 is 0 Å². The first-order chi connectivity index (χ1) is 55.6. The van der Waals surface area contributed by atoms with Crippen LogP contribution in [0.4, 0.5) is 57.9 Å². The molecule has 4 aromatic heterocycles. The van der Waals surface area contributed by atoms with E-state index in [4.69, 9.17) is 14.2 Å². The van der Waals surface area contributed by atoms with Gasteiger partial charge in [-0.3, -0.25) is 37.4 Å². The zero-order valence-corrected chi connectivity index (χ0v) is 63.1. The molecule has 0 aliphatic heterocycles. The number of nitrogens with zero attached hydrogens (tertiary/aromatic N) is 8. The van der Waals surface area contributed by atoms with Crippen LogP contribution in [0, 0.1) is 0 Å². The third kappa shape index (κ3) is 15.1. The highest BCUT2D eigenvalue weighted by Crippen LogP contribution is 2.49. The molecule has 46 heteroatoms. The second kappa shape index (κ2) is 29.8. The lowest BCUT2D eigenvalue weighted by molar-refractivity contribution is 0.0675. The van der Waals surface area contributed by atoms with E-state index in [0.717, 1.165) is 41.0 Å². The standard InChI is InChI=1S/C72H52N14O28S4/c1-4-112-60-52-36-10-6-8-12-38(36)58(88)54-40(14-16-46(56(52)54)86(3)62(60)91)76-42-26-44(50(118(109,110)111)28-48(42)116(103,104)105)78-70-80-68(82-72(84-70)114-34-23-31(65(96)97)20-32(24-34)66(98)99)74-18-17-73-67-79-69(83-71(81-67)113-33-21-29(63(92)93)19-30(22-33)64(94)95)77-43-25-41(47(115(100,101)102)27-49(43)117(106,107)108)75-39-13-15-45-55-51(59(89)61(90)85(45)2)35-9-5-7-11-37(35)57(87)53(39)55/h5-16,19-28,75-76,89H,4,17-18H2,1-3H3,(H,92,93)(H,94,95)(H,96,97)(H,98,99)(H,100,101,102)(H,103,104,105)(H,106,107,108)(H,109,110,111)(H2,73,77,79,81,83)(H2,74,78,80,82,84). The number of aromatic carboxylic acids is 4. The number of aryl methyl sites for hydroxylation is 2. The van der Waals surface area contributed by atoms with Crippen LogP contribution in [0.25, 0.3) is 44.1 Å². The van der Waals surface area contributed by atoms with Crippen molar-refractivity contribution < 1.29 is 120 Å². The van der Waals surface area contributed by atoms with E-state index in [-0.39, 0.29) is 90.5 Å². The molecule has 0 saturated heterocycles. The summed E-state index contributed by atoms with van der Waals surface area (Å²) in [6, 6.07) is 22.3. The minimum absolute atomic E-state index is 0.0127. The Balaban J connectivity index is 0.845. The largest absolute Gasteiger partial charge is 0.503 e. The van der Waals surface area contributed by atoms with Crippen molar-refractivity contribution in [2.45, 2.75) is 26.5 Å². The van der Waals surface area contributed by atoms with E-state index in [9.17, 15) is 116 Å². The fourth-order valence-corrected chi connectivity index (χ4v) is 15.9. The summed E-state index contributed by atoms with van der Waals surface area (Å²) in [5.74, 6) is -13.0. The van der Waals surface area contributed by atoms with Gasteiger partial charge in [0.15, 0.2) is 23.1 Å². The molecule has 118 heavy (non-hydrogen) atoms. The zero-order chi connectivity index (χ0) is 84.8. The topological polar surface area (TPSA) is 642 Å². The number of carboxylic acid groups (broad SMARTS) is 4. The summed E-state index contributed by atoms with van der Waals surface area (Å²) in [6.45, 7) is 0.630. The summed E-state index contributed by atoms with van der Waals surface area (Å²) >= 11 is 0. The molecule has 4 heterocycles. The molecule has 0 spiro atoms. The predicted octanol–water partition coefficient (Wildman–Crippen LogP) is 8.15. The van der Waals surface area contributed by atoms with E-state index in [1.165, 1.54) is 79.3 Å². The molecule has 14 rings (SSSR count). The Labute approximate surface area is 659 Å². The monoisotopic (exact) mass is 1690 g/mol. The molecule has 8 aromatic carbocycles. The summed E-state index contributed by atoms with van der Waals surface area (Å²) in [5, 5.41) is 67.0. The summed E-state index contributed by atoms with van der Waals surface area (Å²) in [7, 11) is -19.8. The van der Waals surface area contributed by atoms with Crippen molar-refractivity contribution in [2.75, 3.05) is 51.6 Å². The Morgan fingerprint density at radius 3 is 1.10 bits per heavy atom. The van der Waals surface area contributed by atoms with Crippen LogP contribution in [0.2, 0.25) is 0 Å². The van der Waals surface area contributed by atoms with Gasteiger partial charge in [0.2, 0.25) is 23.8 Å². The van der Waals surface area contributed by atoms with E-state index in [1.54, 1.807) is 19.1 Å². The number of ether oxygens (including phenoxy) is 3. The molecule has 0 amide bonds. The smallest absolute Gasteiger partial charge is 0.335 e. The highest BCUT2D eigenvalue weighted by molar-refractivity contribution is 7.87. The van der Waals surface area contributed by atoms with Crippen molar-refractivity contribution in [3.8, 4) is 57.3 Å². The molecule has 15 N–H and O–H groups in total. The number of benzene rings is 8. The number of aromatic nitrogens is 8. The first kappa shape index (κ1) is 79.7. The van der Waals surface area contributed by atoms with Gasteiger partial charge in [0.25, 0.3) is 51.6 Å². The molecule has 42 nitrogen and oxygen atoms in total. The summed E-state index contributed by atoms with van der Waals surface area (Å²) < 4.78 is 170. The Kier molecular flexibility index (Phi) is 20.1. The van der Waals surface area contributed by atoms with Crippen LogP contribution < -0.4 is 57.2 Å². The van der Waals surface area contributed by atoms with E-state index in [1.807, 2.05) is 0 Å². The first-order valence-electron chi connectivity index (χ1n) is 33.6. The maximum absolute atomic E-state index is 14.8. The number of aromatic hydroxyl groups is 1. The highest BCUT2D eigenvalue weighted by atomic mass is 32.2. The van der Waals surface area contributed by atoms with Crippen molar-refractivity contribution in [2.24, 2.45) is 14.1 Å². The number of pyridine rings is 2. The maximum Gasteiger partial charge on any atom is 0.335 e. The molecule has 2 aliphatic rings. The number of ketones is 2. The second-order valence-corrected chi connectivity index (χ2v) is 31.1. The number of carbonyl (C=O) groups excluding carboxylic acids is 2. The van der Waals surface area contributed by atoms with Gasteiger partial charge in [0.05, 0.1) is 85.1 Å². The fourth-order valence-electron chi connectivity index (χ4n) is 13.1. The second-order valence-electron chi connectivity index (χ2n) is 25.5. The van der Waals surface area contributed by atoms with E-state index in [0.29, 0.717) is 23.8 Å². The molecular formula is C72H52N14O28S4. The molecule has 0 saturated carbocycles. The summed E-state index contributed by atoms with van der Waals surface area (Å²) in [5.41, 5.74) is -7.34.